The Balaban J connectivity index is 2.17. The lowest BCUT2D eigenvalue weighted by Gasteiger charge is -2.12. The molecule has 1 aromatic carbocycles. The summed E-state index contributed by atoms with van der Waals surface area (Å²) in [5.74, 6) is -1.10. The fraction of sp³-hybridized carbons (Fsp3) is 0.333. The number of ether oxygens (including phenoxy) is 3. The van der Waals surface area contributed by atoms with Crippen LogP contribution in [0.5, 0.6) is 11.5 Å². The summed E-state index contributed by atoms with van der Waals surface area (Å²) >= 11 is 0. The Kier molecular flexibility index (Phi) is 6.59. The van der Waals surface area contributed by atoms with E-state index in [9.17, 15) is 19.2 Å². The first kappa shape index (κ1) is 20.7. The summed E-state index contributed by atoms with van der Waals surface area (Å²) in [6, 6.07) is 4.46. The Hall–Kier alpha value is -3.56. The van der Waals surface area contributed by atoms with Gasteiger partial charge in [0, 0.05) is 7.05 Å². The zero-order valence-electron chi connectivity index (χ0n) is 15.7. The molecular formula is C18H21N3O7. The minimum absolute atomic E-state index is 0.141. The molecule has 150 valence electrons. The highest BCUT2D eigenvalue weighted by Crippen LogP contribution is 2.28. The molecule has 0 fully saturated rings. The van der Waals surface area contributed by atoms with Crippen LogP contribution in [0, 0.1) is 0 Å². The van der Waals surface area contributed by atoms with Crippen molar-refractivity contribution in [3.8, 4) is 11.5 Å². The van der Waals surface area contributed by atoms with Crippen LogP contribution < -0.4 is 26.5 Å². The van der Waals surface area contributed by atoms with Gasteiger partial charge >= 0.3 is 11.7 Å². The summed E-state index contributed by atoms with van der Waals surface area (Å²) in [6.45, 7) is 3.67. The van der Waals surface area contributed by atoms with Crippen LogP contribution in [0.1, 0.15) is 34.6 Å². The number of nitrogen functional groups attached to an aromatic ring is 1. The van der Waals surface area contributed by atoms with Gasteiger partial charge < -0.3 is 19.9 Å². The quantitative estimate of drug-likeness (QED) is 0.489. The molecule has 0 bridgehead atoms. The van der Waals surface area contributed by atoms with E-state index in [4.69, 9.17) is 19.9 Å². The van der Waals surface area contributed by atoms with Crippen molar-refractivity contribution in [1.82, 2.24) is 9.55 Å². The van der Waals surface area contributed by atoms with Gasteiger partial charge in [0.25, 0.3) is 5.56 Å². The smallest absolute Gasteiger partial charge is 0.338 e. The number of nitrogens with one attached hydrogen (secondary N) is 1. The van der Waals surface area contributed by atoms with Crippen LogP contribution in [0.15, 0.2) is 27.8 Å². The fourth-order valence-corrected chi connectivity index (χ4v) is 2.37. The zero-order chi connectivity index (χ0) is 20.8. The Morgan fingerprint density at radius 1 is 1.11 bits per heavy atom. The second-order valence-corrected chi connectivity index (χ2v) is 5.61. The molecule has 10 nitrogen and oxygen atoms in total. The van der Waals surface area contributed by atoms with Crippen molar-refractivity contribution in [3.63, 3.8) is 0 Å². The van der Waals surface area contributed by atoms with E-state index in [2.05, 4.69) is 0 Å². The number of hydrogen-bond acceptors (Lipinski definition) is 8. The van der Waals surface area contributed by atoms with Crippen LogP contribution >= 0.6 is 0 Å². The van der Waals surface area contributed by atoms with Crippen molar-refractivity contribution >= 4 is 17.6 Å². The lowest BCUT2D eigenvalue weighted by atomic mass is 10.2. The van der Waals surface area contributed by atoms with E-state index in [1.54, 1.807) is 13.0 Å². The van der Waals surface area contributed by atoms with Gasteiger partial charge in [0.2, 0.25) is 5.78 Å². The number of benzene rings is 1. The third-order valence-corrected chi connectivity index (χ3v) is 3.76. The maximum Gasteiger partial charge on any atom is 0.338 e. The number of anilines is 1. The van der Waals surface area contributed by atoms with Gasteiger partial charge in [-0.15, -0.1) is 0 Å². The molecule has 0 aliphatic carbocycles. The van der Waals surface area contributed by atoms with E-state index in [1.807, 2.05) is 11.9 Å². The lowest BCUT2D eigenvalue weighted by molar-refractivity contribution is 0.0474. The van der Waals surface area contributed by atoms with Crippen LogP contribution in [-0.4, -0.2) is 41.1 Å². The number of H-pyrrole nitrogens is 1. The van der Waals surface area contributed by atoms with Crippen LogP contribution in [0.4, 0.5) is 5.82 Å². The van der Waals surface area contributed by atoms with Crippen molar-refractivity contribution in [2.75, 3.05) is 25.6 Å². The van der Waals surface area contributed by atoms with Crippen LogP contribution in [0.2, 0.25) is 0 Å². The number of carbonyl (C=O) groups excluding carboxylic acids is 2. The van der Waals surface area contributed by atoms with Gasteiger partial charge in [0.1, 0.15) is 11.4 Å². The normalized spacial score (nSPS) is 10.4. The Morgan fingerprint density at radius 2 is 1.75 bits per heavy atom. The highest BCUT2D eigenvalue weighted by molar-refractivity contribution is 6.02. The predicted octanol–water partition coefficient (Wildman–Crippen LogP) is 0.493. The summed E-state index contributed by atoms with van der Waals surface area (Å²) in [5, 5.41) is 0. The number of nitrogens with two attached hydrogens (primary N) is 1. The minimum atomic E-state index is -0.943. The molecule has 1 aromatic heterocycles. The molecule has 10 heteroatoms. The molecule has 0 aliphatic rings. The highest BCUT2D eigenvalue weighted by Gasteiger charge is 2.20. The number of aromatic nitrogens is 2. The van der Waals surface area contributed by atoms with Gasteiger partial charge in [-0.3, -0.25) is 19.1 Å². The molecule has 0 atom stereocenters. The molecule has 28 heavy (non-hydrogen) atoms. The van der Waals surface area contributed by atoms with E-state index in [0.29, 0.717) is 24.7 Å². The SMILES string of the molecule is CCOc1ccc(C(=O)OCC(=O)c2c(N)n(C)c(=O)[nH]c2=O)cc1OCC. The van der Waals surface area contributed by atoms with E-state index in [-0.39, 0.29) is 11.4 Å². The zero-order valence-corrected chi connectivity index (χ0v) is 15.7. The number of nitrogens with zero attached hydrogens (tertiary/aromatic N) is 1. The Morgan fingerprint density at radius 3 is 2.39 bits per heavy atom. The van der Waals surface area contributed by atoms with Crippen molar-refractivity contribution in [2.45, 2.75) is 13.8 Å². The van der Waals surface area contributed by atoms with Crippen LogP contribution in [0.25, 0.3) is 0 Å². The number of ketones is 1. The van der Waals surface area contributed by atoms with E-state index < -0.39 is 35.2 Å². The lowest BCUT2D eigenvalue weighted by Crippen LogP contribution is -2.35. The largest absolute Gasteiger partial charge is 0.490 e. The van der Waals surface area contributed by atoms with Crippen LogP contribution in [-0.2, 0) is 11.8 Å². The third-order valence-electron chi connectivity index (χ3n) is 3.76. The molecule has 0 amide bonds. The van der Waals surface area contributed by atoms with Crippen molar-refractivity contribution in [2.24, 2.45) is 7.05 Å². The third kappa shape index (κ3) is 4.40. The first-order valence-corrected chi connectivity index (χ1v) is 8.48. The van der Waals surface area contributed by atoms with E-state index >= 15 is 0 Å². The molecule has 0 saturated carbocycles. The average Bonchev–Trinajstić information content (AvgIpc) is 2.66. The van der Waals surface area contributed by atoms with E-state index in [1.165, 1.54) is 19.2 Å². The first-order chi connectivity index (χ1) is 13.3. The number of hydrogen-bond donors (Lipinski definition) is 2. The maximum atomic E-state index is 12.3. The summed E-state index contributed by atoms with van der Waals surface area (Å²) < 4.78 is 16.7. The Bertz CT molecular complexity index is 1010. The number of carbonyl (C=O) groups is 2. The van der Waals surface area contributed by atoms with Crippen molar-refractivity contribution in [3.05, 3.63) is 50.2 Å². The first-order valence-electron chi connectivity index (χ1n) is 8.48. The minimum Gasteiger partial charge on any atom is -0.490 e. The topological polar surface area (TPSA) is 143 Å². The van der Waals surface area contributed by atoms with Crippen molar-refractivity contribution < 1.29 is 23.8 Å². The van der Waals surface area contributed by atoms with Gasteiger partial charge in [-0.2, -0.15) is 0 Å². The summed E-state index contributed by atoms with van der Waals surface area (Å²) in [5.41, 5.74) is 3.65. The van der Waals surface area contributed by atoms with Crippen LogP contribution in [0.3, 0.4) is 0 Å². The molecule has 1 heterocycles. The molecule has 0 saturated heterocycles. The van der Waals surface area contributed by atoms with E-state index in [0.717, 1.165) is 4.57 Å². The van der Waals surface area contributed by atoms with Gasteiger partial charge in [-0.05, 0) is 32.0 Å². The summed E-state index contributed by atoms with van der Waals surface area (Å²) in [6.07, 6.45) is 0. The fourth-order valence-electron chi connectivity index (χ4n) is 2.37. The summed E-state index contributed by atoms with van der Waals surface area (Å²) in [7, 11) is 1.30. The Labute approximate surface area is 159 Å². The predicted molar refractivity (Wildman–Crippen MR) is 100 cm³/mol. The van der Waals surface area contributed by atoms with Gasteiger partial charge in [-0.1, -0.05) is 0 Å². The molecular weight excluding hydrogens is 370 g/mol. The van der Waals surface area contributed by atoms with Gasteiger partial charge in [0.15, 0.2) is 18.1 Å². The highest BCUT2D eigenvalue weighted by atomic mass is 16.5. The molecule has 2 rings (SSSR count). The molecule has 0 aliphatic heterocycles. The molecule has 3 N–H and O–H groups in total. The second kappa shape index (κ2) is 8.89. The number of aromatic amines is 1. The molecule has 0 spiro atoms. The maximum absolute atomic E-state index is 12.3. The average molecular weight is 391 g/mol. The van der Waals surface area contributed by atoms with Gasteiger partial charge in [-0.25, -0.2) is 9.59 Å². The monoisotopic (exact) mass is 391 g/mol. The standard InChI is InChI=1S/C18H21N3O7/c1-4-26-12-7-6-10(8-13(12)27-5-2)17(24)28-9-11(22)14-15(19)21(3)18(25)20-16(14)23/h6-8H,4-5,9,19H2,1-3H3,(H,20,23,25). The second-order valence-electron chi connectivity index (χ2n) is 5.61. The van der Waals surface area contributed by atoms with Crippen molar-refractivity contribution in [1.29, 1.82) is 0 Å². The van der Waals surface area contributed by atoms with Gasteiger partial charge in [0.05, 0.1) is 18.8 Å². The molecule has 0 unspecified atom stereocenters. The number of esters is 1. The number of rotatable bonds is 8. The molecule has 0 radical (unpaired) electrons. The summed E-state index contributed by atoms with van der Waals surface area (Å²) in [4.78, 5) is 49.8. The molecule has 2 aromatic rings. The number of Topliss-reactive ketones (excluding diaryl/α,β-unsaturated/α-hetero) is 1.